The number of carbonyl (C=O) groups is 2. The molecule has 0 saturated heterocycles. The molecule has 1 aliphatic rings. The maximum Gasteiger partial charge on any atom is 0.417 e. The highest BCUT2D eigenvalue weighted by atomic mass is 19.4. The van der Waals surface area contributed by atoms with Gasteiger partial charge >= 0.3 is 6.18 Å². The van der Waals surface area contributed by atoms with E-state index in [9.17, 15) is 27.2 Å². The molecule has 5 nitrogen and oxygen atoms in total. The summed E-state index contributed by atoms with van der Waals surface area (Å²) in [6.45, 7) is 2.42. The molecule has 0 radical (unpaired) electrons. The SMILES string of the molecule is CCNC(=O)c1cc2c([nH]1)CN(C(=O)c1cc(F)ccc1C(F)(F)F)CC2. The van der Waals surface area contributed by atoms with E-state index in [1.165, 1.54) is 4.90 Å². The summed E-state index contributed by atoms with van der Waals surface area (Å²) in [6.07, 6.45) is -4.38. The molecule has 1 aromatic carbocycles. The van der Waals surface area contributed by atoms with Gasteiger partial charge in [0, 0.05) is 18.8 Å². The van der Waals surface area contributed by atoms with Crippen molar-refractivity contribution in [3.05, 3.63) is 58.2 Å². The van der Waals surface area contributed by atoms with E-state index in [-0.39, 0.29) is 19.0 Å². The van der Waals surface area contributed by atoms with Crippen LogP contribution in [0.15, 0.2) is 24.3 Å². The van der Waals surface area contributed by atoms with Crippen LogP contribution in [0.5, 0.6) is 0 Å². The van der Waals surface area contributed by atoms with Crippen LogP contribution in [0, 0.1) is 5.82 Å². The van der Waals surface area contributed by atoms with Crippen molar-refractivity contribution in [1.82, 2.24) is 15.2 Å². The Morgan fingerprint density at radius 3 is 2.67 bits per heavy atom. The first kappa shape index (κ1) is 18.9. The van der Waals surface area contributed by atoms with E-state index in [1.54, 1.807) is 13.0 Å². The van der Waals surface area contributed by atoms with Crippen molar-refractivity contribution in [3.63, 3.8) is 0 Å². The Labute approximate surface area is 152 Å². The molecule has 0 fully saturated rings. The summed E-state index contributed by atoms with van der Waals surface area (Å²) in [5.74, 6) is -2.11. The van der Waals surface area contributed by atoms with Crippen LogP contribution in [0.4, 0.5) is 17.6 Å². The van der Waals surface area contributed by atoms with Crippen molar-refractivity contribution < 1.29 is 27.2 Å². The molecule has 9 heteroatoms. The van der Waals surface area contributed by atoms with E-state index in [2.05, 4.69) is 10.3 Å². The van der Waals surface area contributed by atoms with Crippen molar-refractivity contribution in [2.75, 3.05) is 13.1 Å². The van der Waals surface area contributed by atoms with Gasteiger partial charge in [-0.2, -0.15) is 13.2 Å². The number of fused-ring (bicyclic) bond motifs is 1. The van der Waals surface area contributed by atoms with Crippen molar-refractivity contribution in [3.8, 4) is 0 Å². The quantitative estimate of drug-likeness (QED) is 0.800. The second-order valence-corrected chi connectivity index (χ2v) is 6.21. The zero-order valence-electron chi connectivity index (χ0n) is 14.4. The molecule has 0 spiro atoms. The molecule has 0 bridgehead atoms. The van der Waals surface area contributed by atoms with E-state index < -0.39 is 29.0 Å². The van der Waals surface area contributed by atoms with E-state index in [4.69, 9.17) is 0 Å². The summed E-state index contributed by atoms with van der Waals surface area (Å²) >= 11 is 0. The minimum atomic E-state index is -4.77. The fraction of sp³-hybridized carbons (Fsp3) is 0.333. The third-order valence-corrected chi connectivity index (χ3v) is 4.38. The minimum Gasteiger partial charge on any atom is -0.353 e. The number of amides is 2. The average molecular weight is 383 g/mol. The Morgan fingerprint density at radius 2 is 2.00 bits per heavy atom. The van der Waals surface area contributed by atoms with E-state index in [0.717, 1.165) is 5.56 Å². The van der Waals surface area contributed by atoms with Crippen LogP contribution >= 0.6 is 0 Å². The average Bonchev–Trinajstić information content (AvgIpc) is 3.03. The van der Waals surface area contributed by atoms with Gasteiger partial charge in [-0.05, 0) is 43.2 Å². The zero-order chi connectivity index (χ0) is 19.8. The third kappa shape index (κ3) is 3.81. The van der Waals surface area contributed by atoms with E-state index >= 15 is 0 Å². The minimum absolute atomic E-state index is 0.0153. The summed E-state index contributed by atoms with van der Waals surface area (Å²) in [7, 11) is 0. The van der Waals surface area contributed by atoms with Gasteiger partial charge in [-0.3, -0.25) is 9.59 Å². The highest BCUT2D eigenvalue weighted by molar-refractivity contribution is 5.96. The topological polar surface area (TPSA) is 65.2 Å². The molecular weight excluding hydrogens is 366 g/mol. The monoisotopic (exact) mass is 383 g/mol. The summed E-state index contributed by atoms with van der Waals surface area (Å²) in [5.41, 5.74) is -0.148. The smallest absolute Gasteiger partial charge is 0.353 e. The van der Waals surface area contributed by atoms with Crippen molar-refractivity contribution >= 4 is 11.8 Å². The molecule has 0 atom stereocenters. The lowest BCUT2D eigenvalue weighted by Gasteiger charge is -2.28. The molecule has 0 unspecified atom stereocenters. The summed E-state index contributed by atoms with van der Waals surface area (Å²) in [4.78, 5) is 28.7. The van der Waals surface area contributed by atoms with Crippen molar-refractivity contribution in [2.45, 2.75) is 26.1 Å². The molecule has 1 aliphatic heterocycles. The number of hydrogen-bond donors (Lipinski definition) is 2. The molecule has 2 aromatic rings. The molecule has 2 amide bonds. The molecular formula is C18H17F4N3O2. The standard InChI is InChI=1S/C18H17F4N3O2/c1-2-23-16(26)14-7-10-5-6-25(9-15(10)24-14)17(27)12-8-11(19)3-4-13(12)18(20,21)22/h3-4,7-8,24H,2,5-6,9H2,1H3,(H,23,26). The maximum atomic E-state index is 13.5. The van der Waals surface area contributed by atoms with Crippen LogP contribution in [0.2, 0.25) is 0 Å². The lowest BCUT2D eigenvalue weighted by atomic mass is 10.0. The lowest BCUT2D eigenvalue weighted by molar-refractivity contribution is -0.138. The van der Waals surface area contributed by atoms with Gasteiger partial charge in [0.15, 0.2) is 0 Å². The zero-order valence-corrected chi connectivity index (χ0v) is 14.4. The number of carbonyl (C=O) groups excluding carboxylic acids is 2. The first-order valence-electron chi connectivity index (χ1n) is 8.35. The summed E-state index contributed by atoms with van der Waals surface area (Å²) in [5, 5.41) is 2.64. The first-order chi connectivity index (χ1) is 12.7. The van der Waals surface area contributed by atoms with Crippen molar-refractivity contribution in [2.24, 2.45) is 0 Å². The Morgan fingerprint density at radius 1 is 1.26 bits per heavy atom. The van der Waals surface area contributed by atoms with Gasteiger partial charge in [0.2, 0.25) is 0 Å². The maximum absolute atomic E-state index is 13.5. The second kappa shape index (κ2) is 7.05. The Kier molecular flexibility index (Phi) is 4.95. The van der Waals surface area contributed by atoms with Crippen molar-refractivity contribution in [1.29, 1.82) is 0 Å². The molecule has 3 rings (SSSR count). The molecule has 27 heavy (non-hydrogen) atoms. The van der Waals surface area contributed by atoms with Crippen LogP contribution in [-0.2, 0) is 19.1 Å². The third-order valence-electron chi connectivity index (χ3n) is 4.38. The van der Waals surface area contributed by atoms with Gasteiger partial charge in [0.05, 0.1) is 17.7 Å². The first-order valence-corrected chi connectivity index (χ1v) is 8.35. The molecule has 0 aliphatic carbocycles. The van der Waals surface area contributed by atoms with Gasteiger partial charge in [0.25, 0.3) is 11.8 Å². The number of aromatic nitrogens is 1. The number of aromatic amines is 1. The number of nitrogens with zero attached hydrogens (tertiary/aromatic N) is 1. The molecule has 2 heterocycles. The predicted octanol–water partition coefficient (Wildman–Crippen LogP) is 3.12. The normalized spacial score (nSPS) is 14.0. The highest BCUT2D eigenvalue weighted by Crippen LogP contribution is 2.33. The van der Waals surface area contributed by atoms with Crippen LogP contribution in [0.1, 0.15) is 44.6 Å². The van der Waals surface area contributed by atoms with Gasteiger partial charge in [-0.25, -0.2) is 4.39 Å². The molecule has 1 aromatic heterocycles. The molecule has 0 saturated carbocycles. The predicted molar refractivity (Wildman–Crippen MR) is 88.6 cm³/mol. The number of rotatable bonds is 3. The number of nitrogens with one attached hydrogen (secondary N) is 2. The van der Waals surface area contributed by atoms with Gasteiger partial charge < -0.3 is 15.2 Å². The second-order valence-electron chi connectivity index (χ2n) is 6.21. The van der Waals surface area contributed by atoms with E-state index in [0.29, 0.717) is 42.6 Å². The fourth-order valence-corrected chi connectivity index (χ4v) is 3.09. The Bertz CT molecular complexity index is 889. The van der Waals surface area contributed by atoms with Gasteiger partial charge in [-0.1, -0.05) is 0 Å². The Balaban J connectivity index is 1.87. The summed E-state index contributed by atoms with van der Waals surface area (Å²) in [6, 6.07) is 3.53. The highest BCUT2D eigenvalue weighted by Gasteiger charge is 2.37. The van der Waals surface area contributed by atoms with Crippen LogP contribution in [0.25, 0.3) is 0 Å². The van der Waals surface area contributed by atoms with Crippen LogP contribution in [0.3, 0.4) is 0 Å². The number of alkyl halides is 3. The number of halogens is 4. The van der Waals surface area contributed by atoms with Gasteiger partial charge in [-0.15, -0.1) is 0 Å². The molecule has 2 N–H and O–H groups in total. The number of hydrogen-bond acceptors (Lipinski definition) is 2. The number of benzene rings is 1. The fourth-order valence-electron chi connectivity index (χ4n) is 3.09. The van der Waals surface area contributed by atoms with Crippen LogP contribution < -0.4 is 5.32 Å². The summed E-state index contributed by atoms with van der Waals surface area (Å²) < 4.78 is 53.0. The largest absolute Gasteiger partial charge is 0.417 e. The molecule has 144 valence electrons. The van der Waals surface area contributed by atoms with E-state index in [1.807, 2.05) is 0 Å². The number of H-pyrrole nitrogens is 1. The van der Waals surface area contributed by atoms with Crippen LogP contribution in [-0.4, -0.2) is 34.8 Å². The van der Waals surface area contributed by atoms with Gasteiger partial charge in [0.1, 0.15) is 11.5 Å². The Hall–Kier alpha value is -2.84. The lowest BCUT2D eigenvalue weighted by Crippen LogP contribution is -2.37.